The molecule has 0 aliphatic rings. The van der Waals surface area contributed by atoms with Crippen molar-refractivity contribution in [3.8, 4) is 0 Å². The van der Waals surface area contributed by atoms with E-state index in [-0.39, 0.29) is 15.6 Å². The fourth-order valence-electron chi connectivity index (χ4n) is 1.78. The molecule has 0 fully saturated rings. The summed E-state index contributed by atoms with van der Waals surface area (Å²) in [6.07, 6.45) is 1.18. The van der Waals surface area contributed by atoms with E-state index in [2.05, 4.69) is 15.9 Å². The standard InChI is InChI=1S/C13H10BrFN2O3/c1-16-6-9(12(19)17(2)13(16)20)11(18)8-4-3-7(15)5-10(8)14/h3-6H,1-2H3. The molecule has 1 aromatic carbocycles. The Hall–Kier alpha value is -2.02. The van der Waals surface area contributed by atoms with Crippen molar-refractivity contribution < 1.29 is 9.18 Å². The highest BCUT2D eigenvalue weighted by Crippen LogP contribution is 2.20. The summed E-state index contributed by atoms with van der Waals surface area (Å²) in [6.45, 7) is 0. The average Bonchev–Trinajstić information content (AvgIpc) is 2.40. The number of halogens is 2. The smallest absolute Gasteiger partial charge is 0.303 e. The van der Waals surface area contributed by atoms with Crippen LogP contribution < -0.4 is 11.2 Å². The molecule has 0 bridgehead atoms. The number of carbonyl (C=O) groups excluding carboxylic acids is 1. The second kappa shape index (κ2) is 5.16. The molecule has 0 aliphatic carbocycles. The largest absolute Gasteiger partial charge is 0.330 e. The van der Waals surface area contributed by atoms with Crippen LogP contribution in [0, 0.1) is 5.82 Å². The molecule has 7 heteroatoms. The van der Waals surface area contributed by atoms with Crippen LogP contribution in [0.1, 0.15) is 15.9 Å². The van der Waals surface area contributed by atoms with Crippen LogP contribution in [0.3, 0.4) is 0 Å². The SMILES string of the molecule is Cn1cc(C(=O)c2ccc(F)cc2Br)c(=O)n(C)c1=O. The number of hydrogen-bond donors (Lipinski definition) is 0. The van der Waals surface area contributed by atoms with Gasteiger partial charge in [0, 0.05) is 30.3 Å². The summed E-state index contributed by atoms with van der Waals surface area (Å²) in [5.74, 6) is -1.07. The van der Waals surface area contributed by atoms with Crippen molar-refractivity contribution in [3.05, 3.63) is 66.7 Å². The second-order valence-electron chi connectivity index (χ2n) is 4.25. The Kier molecular flexibility index (Phi) is 3.71. The lowest BCUT2D eigenvalue weighted by Gasteiger charge is -2.07. The molecule has 0 saturated heterocycles. The van der Waals surface area contributed by atoms with Gasteiger partial charge in [0.15, 0.2) is 0 Å². The Labute approximate surface area is 121 Å². The van der Waals surface area contributed by atoms with Gasteiger partial charge in [-0.2, -0.15) is 0 Å². The molecule has 0 radical (unpaired) electrons. The van der Waals surface area contributed by atoms with Gasteiger partial charge in [-0.15, -0.1) is 0 Å². The summed E-state index contributed by atoms with van der Waals surface area (Å²) in [5.41, 5.74) is -1.21. The van der Waals surface area contributed by atoms with E-state index in [4.69, 9.17) is 0 Å². The number of nitrogens with zero attached hydrogens (tertiary/aromatic N) is 2. The summed E-state index contributed by atoms with van der Waals surface area (Å²) in [7, 11) is 2.74. The molecule has 2 rings (SSSR count). The van der Waals surface area contributed by atoms with E-state index in [9.17, 15) is 18.8 Å². The predicted molar refractivity (Wildman–Crippen MR) is 74.5 cm³/mol. The van der Waals surface area contributed by atoms with E-state index in [0.29, 0.717) is 0 Å². The topological polar surface area (TPSA) is 61.1 Å². The minimum atomic E-state index is -0.686. The van der Waals surface area contributed by atoms with Gasteiger partial charge in [0.2, 0.25) is 5.78 Å². The Morgan fingerprint density at radius 2 is 1.85 bits per heavy atom. The van der Waals surface area contributed by atoms with Crippen molar-refractivity contribution in [3.63, 3.8) is 0 Å². The van der Waals surface area contributed by atoms with Gasteiger partial charge < -0.3 is 4.57 Å². The molecule has 0 unspecified atom stereocenters. The Morgan fingerprint density at radius 3 is 2.45 bits per heavy atom. The molecule has 0 saturated carbocycles. The molecular weight excluding hydrogens is 331 g/mol. The molecule has 0 N–H and O–H groups in total. The van der Waals surface area contributed by atoms with Crippen LogP contribution in [-0.2, 0) is 14.1 Å². The second-order valence-corrected chi connectivity index (χ2v) is 5.11. The van der Waals surface area contributed by atoms with Crippen LogP contribution in [-0.4, -0.2) is 14.9 Å². The van der Waals surface area contributed by atoms with Crippen LogP contribution in [0.2, 0.25) is 0 Å². The van der Waals surface area contributed by atoms with Gasteiger partial charge in [0.05, 0.1) is 0 Å². The highest BCUT2D eigenvalue weighted by Gasteiger charge is 2.19. The number of rotatable bonds is 2. The summed E-state index contributed by atoms with van der Waals surface area (Å²) in [5, 5.41) is 0. The monoisotopic (exact) mass is 340 g/mol. The van der Waals surface area contributed by atoms with Gasteiger partial charge in [-0.25, -0.2) is 9.18 Å². The van der Waals surface area contributed by atoms with Crippen LogP contribution in [0.25, 0.3) is 0 Å². The maximum Gasteiger partial charge on any atom is 0.330 e. The van der Waals surface area contributed by atoms with Crippen molar-refractivity contribution in [2.45, 2.75) is 0 Å². The van der Waals surface area contributed by atoms with Crippen LogP contribution in [0.15, 0.2) is 38.5 Å². The Morgan fingerprint density at radius 1 is 1.20 bits per heavy atom. The quantitative estimate of drug-likeness (QED) is 0.772. The first-order valence-electron chi connectivity index (χ1n) is 5.59. The number of carbonyl (C=O) groups is 1. The van der Waals surface area contributed by atoms with Crippen molar-refractivity contribution in [1.82, 2.24) is 9.13 Å². The Balaban J connectivity index is 2.66. The first kappa shape index (κ1) is 14.4. The first-order valence-corrected chi connectivity index (χ1v) is 6.38. The zero-order chi connectivity index (χ0) is 15.0. The van der Waals surface area contributed by atoms with Gasteiger partial charge in [-0.3, -0.25) is 14.2 Å². The summed E-state index contributed by atoms with van der Waals surface area (Å²) < 4.78 is 15.3. The van der Waals surface area contributed by atoms with E-state index in [1.54, 1.807) is 0 Å². The minimum absolute atomic E-state index is 0.151. The van der Waals surface area contributed by atoms with Gasteiger partial charge in [0.25, 0.3) is 5.56 Å². The van der Waals surface area contributed by atoms with E-state index >= 15 is 0 Å². The van der Waals surface area contributed by atoms with Crippen molar-refractivity contribution in [2.24, 2.45) is 14.1 Å². The molecule has 20 heavy (non-hydrogen) atoms. The first-order chi connectivity index (χ1) is 9.32. The van der Waals surface area contributed by atoms with Crippen molar-refractivity contribution >= 4 is 21.7 Å². The zero-order valence-electron chi connectivity index (χ0n) is 10.7. The third-order valence-corrected chi connectivity index (χ3v) is 3.52. The fraction of sp³-hybridized carbons (Fsp3) is 0.154. The third-order valence-electron chi connectivity index (χ3n) is 2.87. The third kappa shape index (κ3) is 2.36. The molecule has 1 aromatic heterocycles. The van der Waals surface area contributed by atoms with E-state index in [1.165, 1.54) is 26.4 Å². The van der Waals surface area contributed by atoms with Crippen molar-refractivity contribution in [2.75, 3.05) is 0 Å². The highest BCUT2D eigenvalue weighted by atomic mass is 79.9. The number of aryl methyl sites for hydroxylation is 1. The minimum Gasteiger partial charge on any atom is -0.303 e. The van der Waals surface area contributed by atoms with Crippen LogP contribution >= 0.6 is 15.9 Å². The van der Waals surface area contributed by atoms with Crippen LogP contribution in [0.4, 0.5) is 4.39 Å². The molecule has 0 aliphatic heterocycles. The summed E-state index contributed by atoms with van der Waals surface area (Å²) in [4.78, 5) is 35.9. The number of benzene rings is 1. The molecule has 5 nitrogen and oxygen atoms in total. The lowest BCUT2D eigenvalue weighted by atomic mass is 10.1. The normalized spacial score (nSPS) is 10.6. The van der Waals surface area contributed by atoms with E-state index in [0.717, 1.165) is 21.3 Å². The van der Waals surface area contributed by atoms with Gasteiger partial charge in [0.1, 0.15) is 11.4 Å². The molecule has 0 atom stereocenters. The highest BCUT2D eigenvalue weighted by molar-refractivity contribution is 9.10. The lowest BCUT2D eigenvalue weighted by molar-refractivity contribution is 0.103. The molecule has 2 aromatic rings. The molecule has 104 valence electrons. The van der Waals surface area contributed by atoms with Crippen LogP contribution in [0.5, 0.6) is 0 Å². The zero-order valence-corrected chi connectivity index (χ0v) is 12.3. The summed E-state index contributed by atoms with van der Waals surface area (Å²) in [6, 6.07) is 3.55. The maximum absolute atomic E-state index is 13.0. The fourth-order valence-corrected chi connectivity index (χ4v) is 2.31. The lowest BCUT2D eigenvalue weighted by Crippen LogP contribution is -2.39. The molecule has 1 heterocycles. The van der Waals surface area contributed by atoms with Gasteiger partial charge in [-0.1, -0.05) is 0 Å². The number of ketones is 1. The Bertz CT molecular complexity index is 823. The van der Waals surface area contributed by atoms with Gasteiger partial charge in [-0.05, 0) is 34.1 Å². The van der Waals surface area contributed by atoms with E-state index < -0.39 is 22.8 Å². The molecule has 0 spiro atoms. The summed E-state index contributed by atoms with van der Waals surface area (Å²) >= 11 is 3.08. The number of aromatic nitrogens is 2. The van der Waals surface area contributed by atoms with E-state index in [1.807, 2.05) is 0 Å². The van der Waals surface area contributed by atoms with Gasteiger partial charge >= 0.3 is 5.69 Å². The average molecular weight is 341 g/mol. The molecule has 0 amide bonds. The molecular formula is C13H10BrFN2O3. The predicted octanol–water partition coefficient (Wildman–Crippen LogP) is 1.22. The maximum atomic E-state index is 13.0. The number of hydrogen-bond acceptors (Lipinski definition) is 3. The van der Waals surface area contributed by atoms with Crippen molar-refractivity contribution in [1.29, 1.82) is 0 Å².